The average molecular weight is 502 g/mol. The van der Waals surface area contributed by atoms with Crippen LogP contribution in [-0.4, -0.2) is 68.5 Å². The summed E-state index contributed by atoms with van der Waals surface area (Å²) in [4.78, 5) is 55.2. The molecule has 8 heteroatoms. The van der Waals surface area contributed by atoms with Gasteiger partial charge in [-0.3, -0.25) is 19.2 Å². The van der Waals surface area contributed by atoms with Crippen molar-refractivity contribution in [1.82, 2.24) is 4.90 Å². The topological polar surface area (TPSA) is 99.2 Å². The van der Waals surface area contributed by atoms with Crippen molar-refractivity contribution in [3.8, 4) is 0 Å². The number of hydrogen-bond donors (Lipinski definition) is 0. The lowest BCUT2D eigenvalue weighted by molar-refractivity contribution is -0.205. The van der Waals surface area contributed by atoms with Crippen molar-refractivity contribution >= 4 is 23.7 Å². The number of hydrogen-bond acceptors (Lipinski definition) is 8. The average Bonchev–Trinajstić information content (AvgIpc) is 3.35. The number of fused-ring (bicyclic) bond motifs is 4. The summed E-state index contributed by atoms with van der Waals surface area (Å²) in [6, 6.07) is 0. The van der Waals surface area contributed by atoms with E-state index in [1.54, 1.807) is 0 Å². The van der Waals surface area contributed by atoms with Crippen molar-refractivity contribution in [2.75, 3.05) is 33.9 Å². The van der Waals surface area contributed by atoms with Crippen LogP contribution in [0.4, 0.5) is 0 Å². The molecule has 4 fully saturated rings. The molecule has 0 amide bonds. The predicted octanol–water partition coefficient (Wildman–Crippen LogP) is 2.93. The van der Waals surface area contributed by atoms with Crippen molar-refractivity contribution in [1.29, 1.82) is 0 Å². The van der Waals surface area contributed by atoms with Gasteiger partial charge in [0.15, 0.2) is 0 Å². The van der Waals surface area contributed by atoms with Crippen LogP contribution >= 0.6 is 0 Å². The molecule has 0 aromatic carbocycles. The van der Waals surface area contributed by atoms with Gasteiger partial charge in [-0.25, -0.2) is 0 Å². The molecule has 0 N–H and O–H groups in total. The largest absolute Gasteiger partial charge is 0.469 e. The lowest BCUT2D eigenvalue weighted by atomic mass is 9.45. The molecular formula is C28H39NO7. The summed E-state index contributed by atoms with van der Waals surface area (Å²) in [5, 5.41) is 0. The highest BCUT2D eigenvalue weighted by molar-refractivity contribution is 5.95. The number of esters is 3. The second kappa shape index (κ2) is 8.96. The molecule has 2 aliphatic heterocycles. The van der Waals surface area contributed by atoms with Gasteiger partial charge in [0.1, 0.15) is 18.5 Å². The van der Waals surface area contributed by atoms with Crippen LogP contribution in [0.25, 0.3) is 0 Å². The summed E-state index contributed by atoms with van der Waals surface area (Å²) >= 11 is 0. The fourth-order valence-electron chi connectivity index (χ4n) is 9.12. The molecule has 2 heterocycles. The molecule has 1 spiro atoms. The van der Waals surface area contributed by atoms with E-state index in [0.717, 1.165) is 37.8 Å². The number of ether oxygens (including phenoxy) is 3. The van der Waals surface area contributed by atoms with Gasteiger partial charge in [0.25, 0.3) is 0 Å². The van der Waals surface area contributed by atoms with E-state index in [0.29, 0.717) is 19.4 Å². The maximum absolute atomic E-state index is 15.0. The first-order chi connectivity index (χ1) is 17.1. The summed E-state index contributed by atoms with van der Waals surface area (Å²) in [6.07, 6.45) is 3.54. The third-order valence-electron chi connectivity index (χ3n) is 10.2. The van der Waals surface area contributed by atoms with Gasteiger partial charge in [0, 0.05) is 32.9 Å². The number of methoxy groups -OCH3 is 1. The molecule has 6 aliphatic rings. The van der Waals surface area contributed by atoms with E-state index >= 15 is 0 Å². The summed E-state index contributed by atoms with van der Waals surface area (Å²) < 4.78 is 17.2. The molecule has 2 saturated carbocycles. The molecule has 6 rings (SSSR count). The summed E-state index contributed by atoms with van der Waals surface area (Å²) in [5.41, 5.74) is 0.434. The minimum absolute atomic E-state index is 0.00300. The van der Waals surface area contributed by atoms with Crippen LogP contribution in [0.15, 0.2) is 11.1 Å². The Bertz CT molecular complexity index is 1020. The molecular weight excluding hydrogens is 462 g/mol. The van der Waals surface area contributed by atoms with Crippen LogP contribution in [0, 0.1) is 40.4 Å². The Morgan fingerprint density at radius 2 is 1.78 bits per heavy atom. The fourth-order valence-corrected chi connectivity index (χ4v) is 9.12. The smallest absolute Gasteiger partial charge is 0.309 e. The van der Waals surface area contributed by atoms with Crippen molar-refractivity contribution < 1.29 is 33.4 Å². The highest BCUT2D eigenvalue weighted by Gasteiger charge is 2.76. The van der Waals surface area contributed by atoms with Crippen LogP contribution in [0.2, 0.25) is 0 Å². The van der Waals surface area contributed by atoms with Gasteiger partial charge in [0.2, 0.25) is 0 Å². The molecule has 36 heavy (non-hydrogen) atoms. The van der Waals surface area contributed by atoms with Crippen LogP contribution in [-0.2, 0) is 33.4 Å². The Morgan fingerprint density at radius 1 is 1.06 bits per heavy atom. The van der Waals surface area contributed by atoms with Crippen LogP contribution in [0.5, 0.6) is 0 Å². The molecule has 198 valence electrons. The number of nitrogens with zero attached hydrogens (tertiary/aromatic N) is 1. The highest BCUT2D eigenvalue weighted by Crippen LogP contribution is 2.73. The van der Waals surface area contributed by atoms with Gasteiger partial charge in [-0.15, -0.1) is 0 Å². The summed E-state index contributed by atoms with van der Waals surface area (Å²) in [7, 11) is 3.49. The normalized spacial score (nSPS) is 41.6. The van der Waals surface area contributed by atoms with E-state index in [4.69, 9.17) is 14.2 Å². The van der Waals surface area contributed by atoms with E-state index in [2.05, 4.69) is 18.9 Å². The molecule has 4 bridgehead atoms. The molecule has 0 unspecified atom stereocenters. The molecule has 0 aromatic rings. The van der Waals surface area contributed by atoms with Gasteiger partial charge in [-0.2, -0.15) is 0 Å². The Balaban J connectivity index is 1.83. The highest BCUT2D eigenvalue weighted by atomic mass is 16.6. The number of carbonyl (C=O) groups is 4. The third kappa shape index (κ3) is 3.42. The van der Waals surface area contributed by atoms with Gasteiger partial charge in [-0.1, -0.05) is 18.1 Å². The maximum atomic E-state index is 15.0. The van der Waals surface area contributed by atoms with E-state index < -0.39 is 34.8 Å². The quantitative estimate of drug-likeness (QED) is 0.329. The molecule has 8 nitrogen and oxygen atoms in total. The molecule has 8 atom stereocenters. The second-order valence-corrected chi connectivity index (χ2v) is 12.0. The van der Waals surface area contributed by atoms with E-state index in [9.17, 15) is 19.2 Å². The first kappa shape index (κ1) is 25.4. The van der Waals surface area contributed by atoms with Crippen molar-refractivity contribution in [3.63, 3.8) is 0 Å². The fraction of sp³-hybridized carbons (Fsp3) is 0.786. The number of ketones is 1. The zero-order valence-electron chi connectivity index (χ0n) is 22.1. The van der Waals surface area contributed by atoms with Crippen LogP contribution < -0.4 is 0 Å². The Labute approximate surface area is 213 Å². The molecule has 0 radical (unpaired) electrons. The number of Topliss-reactive ketones (excluding diaryl/α,β-unsaturated/α-hetero) is 1. The van der Waals surface area contributed by atoms with Crippen LogP contribution in [0.1, 0.15) is 59.3 Å². The van der Waals surface area contributed by atoms with Gasteiger partial charge < -0.3 is 19.1 Å². The van der Waals surface area contributed by atoms with Crippen molar-refractivity contribution in [2.24, 2.45) is 40.4 Å². The summed E-state index contributed by atoms with van der Waals surface area (Å²) in [6.45, 7) is 6.37. The lowest BCUT2D eigenvalue weighted by Gasteiger charge is -2.59. The molecule has 2 saturated heterocycles. The number of allylic oxidation sites excluding steroid dienone is 2. The second-order valence-electron chi connectivity index (χ2n) is 12.0. The molecule has 4 aliphatic carbocycles. The zero-order valence-corrected chi connectivity index (χ0v) is 22.1. The van der Waals surface area contributed by atoms with E-state index in [1.165, 1.54) is 26.5 Å². The standard InChI is InChI=1S/C28H39NO7/c1-15-12-29(4)13-19-8-6-18-7-9-20-22(26(33)34-5)11-27(24(18)20)25(32)21(15)10-23(36-17(3)31)28(19,27)14-35-16(2)30/h15,19-23H,6-14H2,1-5H3/t15-,19+,20+,21+,22+,23+,27-,28+/m0/s1. The predicted molar refractivity (Wildman–Crippen MR) is 129 cm³/mol. The van der Waals surface area contributed by atoms with Gasteiger partial charge >= 0.3 is 17.9 Å². The Hall–Kier alpha value is -2.22. The first-order valence-electron chi connectivity index (χ1n) is 13.4. The molecule has 0 aromatic heterocycles. The summed E-state index contributed by atoms with van der Waals surface area (Å²) in [5.74, 6) is -1.74. The van der Waals surface area contributed by atoms with E-state index in [-0.39, 0.29) is 42.0 Å². The van der Waals surface area contributed by atoms with Crippen molar-refractivity contribution in [3.05, 3.63) is 11.1 Å². The first-order valence-corrected chi connectivity index (χ1v) is 13.4. The minimum atomic E-state index is -1.01. The monoisotopic (exact) mass is 501 g/mol. The van der Waals surface area contributed by atoms with Gasteiger partial charge in [0.05, 0.1) is 23.9 Å². The van der Waals surface area contributed by atoms with Crippen molar-refractivity contribution in [2.45, 2.75) is 65.4 Å². The SMILES string of the molecule is COC(=O)[C@@H]1C[C@]23C(=O)[C@@H]4C[C@@H](OC(C)=O)[C@@]2(COC(C)=O)[C@H](CCC2=C3[C@@H]1CC2)CN(C)C[C@@H]4C. The number of carbonyl (C=O) groups excluding carboxylic acids is 4. The zero-order chi connectivity index (χ0) is 26.0. The Kier molecular flexibility index (Phi) is 6.33. The maximum Gasteiger partial charge on any atom is 0.309 e. The Morgan fingerprint density at radius 3 is 2.44 bits per heavy atom. The minimum Gasteiger partial charge on any atom is -0.469 e. The third-order valence-corrected chi connectivity index (χ3v) is 10.2. The lowest BCUT2D eigenvalue weighted by Crippen LogP contribution is -2.67. The van der Waals surface area contributed by atoms with Gasteiger partial charge in [-0.05, 0) is 63.3 Å². The van der Waals surface area contributed by atoms with E-state index in [1.807, 2.05) is 0 Å². The van der Waals surface area contributed by atoms with Crippen LogP contribution in [0.3, 0.4) is 0 Å². The number of rotatable bonds is 4.